The van der Waals surface area contributed by atoms with Crippen LogP contribution in [0.2, 0.25) is 0 Å². The van der Waals surface area contributed by atoms with Crippen LogP contribution in [0.25, 0.3) is 11.1 Å². The minimum absolute atomic E-state index is 0.0207. The smallest absolute Gasteiger partial charge is 0.328 e. The molecule has 0 spiro atoms. The normalized spacial score (nSPS) is 18.1. The number of carbonyl (C=O) groups excluding carboxylic acids is 2. The van der Waals surface area contributed by atoms with Gasteiger partial charge in [-0.3, -0.25) is 4.90 Å². The molecule has 0 radical (unpaired) electrons. The van der Waals surface area contributed by atoms with Gasteiger partial charge in [0.25, 0.3) is 0 Å². The molecule has 1 fully saturated rings. The third kappa shape index (κ3) is 11.1. The molecule has 0 unspecified atom stereocenters. The van der Waals surface area contributed by atoms with Crippen molar-refractivity contribution in [3.05, 3.63) is 203 Å². The summed E-state index contributed by atoms with van der Waals surface area (Å²) in [5.74, 6) is -0.490. The van der Waals surface area contributed by atoms with Gasteiger partial charge in [-0.1, -0.05) is 171 Å². The van der Waals surface area contributed by atoms with Crippen molar-refractivity contribution >= 4 is 12.0 Å². The van der Waals surface area contributed by atoms with Gasteiger partial charge in [-0.25, -0.2) is 9.59 Å². The van der Waals surface area contributed by atoms with Gasteiger partial charge < -0.3 is 30.0 Å². The summed E-state index contributed by atoms with van der Waals surface area (Å²) in [7, 11) is 1.32. The molecule has 5 atom stereocenters. The number of ether oxygens (including phenoxy) is 3. The summed E-state index contributed by atoms with van der Waals surface area (Å²) < 4.78 is 18.7. The first kappa shape index (κ1) is 42.0. The van der Waals surface area contributed by atoms with Crippen LogP contribution < -0.4 is 10.6 Å². The second-order valence-electron chi connectivity index (χ2n) is 15.3. The zero-order chi connectivity index (χ0) is 41.7. The van der Waals surface area contributed by atoms with Gasteiger partial charge in [-0.05, 0) is 44.5 Å². The highest BCUT2D eigenvalue weighted by molar-refractivity contribution is 5.84. The fourth-order valence-corrected chi connectivity index (χ4v) is 7.80. The molecule has 0 aliphatic carbocycles. The molecule has 2 amide bonds. The quantitative estimate of drug-likeness (QED) is 0.0839. The summed E-state index contributed by atoms with van der Waals surface area (Å²) in [6, 6.07) is 53.4. The van der Waals surface area contributed by atoms with Crippen LogP contribution in [-0.4, -0.2) is 47.8 Å². The first-order valence-corrected chi connectivity index (χ1v) is 20.5. The Labute approximate surface area is 353 Å². The number of benzene rings is 6. The molecule has 6 aromatic carbocycles. The number of rotatable bonds is 16. The zero-order valence-corrected chi connectivity index (χ0v) is 34.2. The molecule has 3 N–H and O–H groups in total. The molecule has 1 heterocycles. The van der Waals surface area contributed by atoms with E-state index in [-0.39, 0.29) is 31.3 Å². The van der Waals surface area contributed by atoms with Crippen LogP contribution in [0.15, 0.2) is 164 Å². The van der Waals surface area contributed by atoms with E-state index in [1.807, 2.05) is 103 Å². The van der Waals surface area contributed by atoms with Crippen LogP contribution in [0.1, 0.15) is 58.3 Å². The number of hydrogen-bond donors (Lipinski definition) is 3. The van der Waals surface area contributed by atoms with Crippen molar-refractivity contribution in [2.24, 2.45) is 5.92 Å². The van der Waals surface area contributed by atoms with Crippen molar-refractivity contribution in [3.8, 4) is 11.1 Å². The van der Waals surface area contributed by atoms with Crippen molar-refractivity contribution in [3.63, 3.8) is 0 Å². The highest BCUT2D eigenvalue weighted by atomic mass is 16.7. The Morgan fingerprint density at radius 2 is 1.25 bits per heavy atom. The molecule has 1 aliphatic rings. The minimum Gasteiger partial charge on any atom is -0.467 e. The van der Waals surface area contributed by atoms with Gasteiger partial charge >= 0.3 is 12.0 Å². The van der Waals surface area contributed by atoms with Gasteiger partial charge in [-0.15, -0.1) is 0 Å². The topological polar surface area (TPSA) is 109 Å². The fourth-order valence-electron chi connectivity index (χ4n) is 7.80. The van der Waals surface area contributed by atoms with Gasteiger partial charge in [0.05, 0.1) is 25.9 Å². The lowest BCUT2D eigenvalue weighted by atomic mass is 9.89. The Kier molecular flexibility index (Phi) is 14.5. The molecule has 0 saturated carbocycles. The van der Waals surface area contributed by atoms with E-state index in [0.717, 1.165) is 52.0 Å². The maximum atomic E-state index is 13.1. The molecule has 0 aromatic heterocycles. The second kappa shape index (κ2) is 20.7. The molecule has 0 bridgehead atoms. The number of methoxy groups -OCH3 is 1. The summed E-state index contributed by atoms with van der Waals surface area (Å²) in [4.78, 5) is 28.1. The highest BCUT2D eigenvalue weighted by Gasteiger charge is 2.39. The predicted molar refractivity (Wildman–Crippen MR) is 233 cm³/mol. The standard InChI is InChI=1S/C51H53N3O6/c1-36-47(34-54(32-38-16-8-4-9-17-38)33-39-18-10-5-11-19-39)59-50(60-48(36)42-24-22-40(35-55)23-25-42)43-28-26-41(27-29-43)45-21-13-12-20-44(45)31-52-51(57)53-46(49(56)58-2)30-37-14-6-3-7-15-37/h3-29,36,46-48,50,55H,30-35H2,1-2H3,(H2,52,53,57)/t36-,46+,47+,48+,50+/m1/s1. The van der Waals surface area contributed by atoms with Gasteiger partial charge in [0.2, 0.25) is 0 Å². The van der Waals surface area contributed by atoms with Crippen molar-refractivity contribution in [1.82, 2.24) is 15.5 Å². The Bertz CT molecular complexity index is 2210. The molecule has 6 aromatic rings. The number of urea groups is 1. The third-order valence-corrected chi connectivity index (χ3v) is 11.1. The number of carbonyl (C=O) groups is 2. The summed E-state index contributed by atoms with van der Waals surface area (Å²) in [5, 5.41) is 15.5. The van der Waals surface area contributed by atoms with E-state index in [4.69, 9.17) is 14.2 Å². The largest absolute Gasteiger partial charge is 0.467 e. The van der Waals surface area contributed by atoms with Gasteiger partial charge in [0, 0.05) is 44.1 Å². The van der Waals surface area contributed by atoms with Gasteiger partial charge in [-0.2, -0.15) is 0 Å². The summed E-state index contributed by atoms with van der Waals surface area (Å²) in [6.07, 6.45) is -0.727. The van der Waals surface area contributed by atoms with E-state index in [2.05, 4.69) is 83.1 Å². The molecule has 308 valence electrons. The summed E-state index contributed by atoms with van der Waals surface area (Å²) >= 11 is 0. The van der Waals surface area contributed by atoms with Crippen LogP contribution in [0.5, 0.6) is 0 Å². The Hall–Kier alpha value is -6.10. The first-order valence-electron chi connectivity index (χ1n) is 20.5. The Balaban J connectivity index is 1.09. The number of nitrogens with one attached hydrogen (secondary N) is 2. The number of hydrogen-bond acceptors (Lipinski definition) is 7. The lowest BCUT2D eigenvalue weighted by Crippen LogP contribution is -2.47. The van der Waals surface area contributed by atoms with E-state index >= 15 is 0 Å². The number of aliphatic hydroxyl groups is 1. The molecular formula is C51H53N3O6. The lowest BCUT2D eigenvalue weighted by molar-refractivity contribution is -0.276. The maximum absolute atomic E-state index is 13.1. The summed E-state index contributed by atoms with van der Waals surface area (Å²) in [5.41, 5.74) is 9.03. The van der Waals surface area contributed by atoms with Crippen LogP contribution in [0, 0.1) is 5.92 Å². The third-order valence-electron chi connectivity index (χ3n) is 11.1. The Morgan fingerprint density at radius 1 is 0.683 bits per heavy atom. The van der Waals surface area contributed by atoms with Crippen molar-refractivity contribution in [2.45, 2.75) is 64.1 Å². The van der Waals surface area contributed by atoms with E-state index in [1.54, 1.807) is 0 Å². The monoisotopic (exact) mass is 803 g/mol. The van der Waals surface area contributed by atoms with Gasteiger partial charge in [0.1, 0.15) is 6.04 Å². The minimum atomic E-state index is -0.831. The van der Waals surface area contributed by atoms with E-state index < -0.39 is 24.3 Å². The number of aliphatic hydroxyl groups excluding tert-OH is 1. The zero-order valence-electron chi connectivity index (χ0n) is 34.2. The van der Waals surface area contributed by atoms with Crippen molar-refractivity contribution < 1.29 is 28.9 Å². The molecule has 7 rings (SSSR count). The molecule has 9 nitrogen and oxygen atoms in total. The maximum Gasteiger partial charge on any atom is 0.328 e. The Morgan fingerprint density at radius 3 is 1.85 bits per heavy atom. The molecular weight excluding hydrogens is 751 g/mol. The van der Waals surface area contributed by atoms with Gasteiger partial charge in [0.15, 0.2) is 6.29 Å². The van der Waals surface area contributed by atoms with Crippen LogP contribution in [0.3, 0.4) is 0 Å². The predicted octanol–water partition coefficient (Wildman–Crippen LogP) is 8.92. The number of nitrogens with zero attached hydrogens (tertiary/aromatic N) is 1. The van der Waals surface area contributed by atoms with Crippen LogP contribution in [0.4, 0.5) is 4.79 Å². The van der Waals surface area contributed by atoms with Crippen LogP contribution >= 0.6 is 0 Å². The summed E-state index contributed by atoms with van der Waals surface area (Å²) in [6.45, 7) is 4.65. The second-order valence-corrected chi connectivity index (χ2v) is 15.3. The average molecular weight is 804 g/mol. The SMILES string of the molecule is COC(=O)[C@H](Cc1ccccc1)NC(=O)NCc1ccccc1-c1ccc([C@H]2O[C@@H](CN(Cc3ccccc3)Cc3ccccc3)[C@@H](C)[C@@H](c3ccc(CO)cc3)O2)cc1. The lowest BCUT2D eigenvalue weighted by Gasteiger charge is -2.43. The van der Waals surface area contributed by atoms with E-state index in [1.165, 1.54) is 18.2 Å². The molecule has 1 aliphatic heterocycles. The van der Waals surface area contributed by atoms with Crippen molar-refractivity contribution in [2.75, 3.05) is 13.7 Å². The molecule has 9 heteroatoms. The van der Waals surface area contributed by atoms with E-state index in [0.29, 0.717) is 13.0 Å². The van der Waals surface area contributed by atoms with E-state index in [9.17, 15) is 14.7 Å². The molecule has 1 saturated heterocycles. The highest BCUT2D eigenvalue weighted by Crippen LogP contribution is 2.42. The fraction of sp³-hybridized carbons (Fsp3) is 0.255. The van der Waals surface area contributed by atoms with Crippen LogP contribution in [-0.2, 0) is 51.7 Å². The van der Waals surface area contributed by atoms with Crippen molar-refractivity contribution in [1.29, 1.82) is 0 Å². The number of amides is 2. The number of esters is 1. The molecule has 60 heavy (non-hydrogen) atoms. The average Bonchev–Trinajstić information content (AvgIpc) is 3.29. The first-order chi connectivity index (χ1) is 29.4.